The van der Waals surface area contributed by atoms with E-state index >= 15 is 0 Å². The van der Waals surface area contributed by atoms with Crippen LogP contribution in [0, 0.1) is 12.7 Å². The summed E-state index contributed by atoms with van der Waals surface area (Å²) in [6.07, 6.45) is 1.52. The second-order valence-corrected chi connectivity index (χ2v) is 7.29. The van der Waals surface area contributed by atoms with Crippen molar-refractivity contribution in [1.29, 1.82) is 0 Å². The number of methoxy groups -OCH3 is 2. The summed E-state index contributed by atoms with van der Waals surface area (Å²) >= 11 is 0. The molecule has 0 saturated heterocycles. The highest BCUT2D eigenvalue weighted by molar-refractivity contribution is 6.13. The number of rotatable bonds is 7. The Morgan fingerprint density at radius 1 is 1.00 bits per heavy atom. The zero-order chi connectivity index (χ0) is 23.4. The molecule has 0 unspecified atom stereocenters. The van der Waals surface area contributed by atoms with Crippen LogP contribution in [0.2, 0.25) is 0 Å². The van der Waals surface area contributed by atoms with E-state index in [1.165, 1.54) is 32.4 Å². The van der Waals surface area contributed by atoms with Crippen molar-refractivity contribution < 1.29 is 28.1 Å². The molecule has 0 saturated carbocycles. The molecule has 0 atom stereocenters. The molecule has 1 heterocycles. The van der Waals surface area contributed by atoms with Crippen LogP contribution < -0.4 is 14.2 Å². The van der Waals surface area contributed by atoms with Gasteiger partial charge in [0.05, 0.1) is 19.8 Å². The zero-order valence-electron chi connectivity index (χ0n) is 18.4. The topological polar surface area (TPSA) is 66.4 Å². The van der Waals surface area contributed by atoms with E-state index in [0.29, 0.717) is 29.4 Å². The molecule has 7 heteroatoms. The molecule has 33 heavy (non-hydrogen) atoms. The number of esters is 1. The van der Waals surface area contributed by atoms with Crippen molar-refractivity contribution >= 4 is 17.9 Å². The Balaban J connectivity index is 1.65. The predicted molar refractivity (Wildman–Crippen MR) is 122 cm³/mol. The highest BCUT2D eigenvalue weighted by atomic mass is 19.1. The average Bonchev–Trinajstić information content (AvgIpc) is 3.18. The number of cyclic esters (lactones) is 1. The maximum atomic E-state index is 14.0. The number of carbonyl (C=O) groups excluding carboxylic acids is 1. The first-order valence-corrected chi connectivity index (χ1v) is 10.2. The van der Waals surface area contributed by atoms with Crippen molar-refractivity contribution in [1.82, 2.24) is 0 Å². The lowest BCUT2D eigenvalue weighted by Gasteiger charge is -2.16. The molecule has 0 aliphatic carbocycles. The van der Waals surface area contributed by atoms with Crippen LogP contribution in [0.25, 0.3) is 6.08 Å². The van der Waals surface area contributed by atoms with Gasteiger partial charge in [-0.3, -0.25) is 0 Å². The maximum absolute atomic E-state index is 14.0. The van der Waals surface area contributed by atoms with Crippen LogP contribution in [0.15, 0.2) is 71.4 Å². The third-order valence-corrected chi connectivity index (χ3v) is 5.14. The van der Waals surface area contributed by atoms with E-state index in [-0.39, 0.29) is 17.2 Å². The lowest BCUT2D eigenvalue weighted by Crippen LogP contribution is -2.07. The number of ether oxygens (including phenoxy) is 4. The van der Waals surface area contributed by atoms with Gasteiger partial charge in [0.1, 0.15) is 12.4 Å². The summed E-state index contributed by atoms with van der Waals surface area (Å²) in [6.45, 7) is 2.35. The molecule has 1 aliphatic heterocycles. The maximum Gasteiger partial charge on any atom is 0.363 e. The standard InChI is InChI=1S/C26H22FNO5/c1-16-8-4-5-9-18(16)15-32-24-22(30-2)13-17(14-23(24)31-3)12-21-26(29)33-25(28-21)19-10-6-7-11-20(19)27/h4-14H,15H2,1-3H3. The number of benzene rings is 3. The number of halogens is 1. The molecule has 0 bridgehead atoms. The quantitative estimate of drug-likeness (QED) is 0.374. The first-order chi connectivity index (χ1) is 16.0. The number of carbonyl (C=O) groups is 1. The summed E-state index contributed by atoms with van der Waals surface area (Å²) in [5, 5.41) is 0. The highest BCUT2D eigenvalue weighted by Crippen LogP contribution is 2.40. The van der Waals surface area contributed by atoms with Crippen LogP contribution in [0.4, 0.5) is 4.39 Å². The lowest BCUT2D eigenvalue weighted by atomic mass is 10.1. The number of aliphatic imine (C=N–C) groups is 1. The fourth-order valence-electron chi connectivity index (χ4n) is 3.36. The highest BCUT2D eigenvalue weighted by Gasteiger charge is 2.26. The summed E-state index contributed by atoms with van der Waals surface area (Å²) in [4.78, 5) is 16.5. The predicted octanol–water partition coefficient (Wildman–Crippen LogP) is 5.07. The number of aryl methyl sites for hydroxylation is 1. The lowest BCUT2D eigenvalue weighted by molar-refractivity contribution is -0.129. The van der Waals surface area contributed by atoms with Gasteiger partial charge in [0.2, 0.25) is 11.6 Å². The Labute approximate surface area is 190 Å². The molecule has 168 valence electrons. The number of hydrogen-bond acceptors (Lipinski definition) is 6. The molecule has 3 aromatic rings. The van der Waals surface area contributed by atoms with Gasteiger partial charge in [-0.25, -0.2) is 14.2 Å². The van der Waals surface area contributed by atoms with Gasteiger partial charge >= 0.3 is 5.97 Å². The molecule has 4 rings (SSSR count). The molecule has 0 fully saturated rings. The summed E-state index contributed by atoms with van der Waals surface area (Å²) < 4.78 is 36.2. The van der Waals surface area contributed by atoms with E-state index in [2.05, 4.69) is 4.99 Å². The Bertz CT molecular complexity index is 1240. The molecule has 6 nitrogen and oxygen atoms in total. The zero-order valence-corrected chi connectivity index (χ0v) is 18.4. The molecule has 1 aliphatic rings. The third-order valence-electron chi connectivity index (χ3n) is 5.14. The molecular weight excluding hydrogens is 425 g/mol. The van der Waals surface area contributed by atoms with Crippen LogP contribution in [-0.2, 0) is 16.1 Å². The summed E-state index contributed by atoms with van der Waals surface area (Å²) in [5.41, 5.74) is 2.88. The van der Waals surface area contributed by atoms with Gasteiger partial charge < -0.3 is 18.9 Å². The van der Waals surface area contributed by atoms with E-state index < -0.39 is 11.8 Å². The van der Waals surface area contributed by atoms with E-state index in [1.54, 1.807) is 24.3 Å². The fourth-order valence-corrected chi connectivity index (χ4v) is 3.36. The van der Waals surface area contributed by atoms with E-state index in [9.17, 15) is 9.18 Å². The van der Waals surface area contributed by atoms with Crippen LogP contribution in [-0.4, -0.2) is 26.1 Å². The minimum atomic E-state index is -0.675. The molecular formula is C26H22FNO5. The summed E-state index contributed by atoms with van der Waals surface area (Å²) in [5.74, 6) is 0.0187. The van der Waals surface area contributed by atoms with Gasteiger partial charge in [-0.1, -0.05) is 36.4 Å². The molecule has 0 N–H and O–H groups in total. The van der Waals surface area contributed by atoms with Gasteiger partial charge in [0.15, 0.2) is 17.2 Å². The van der Waals surface area contributed by atoms with E-state index in [1.807, 2.05) is 31.2 Å². The van der Waals surface area contributed by atoms with Crippen molar-refractivity contribution in [3.63, 3.8) is 0 Å². The first kappa shape index (κ1) is 22.1. The SMILES string of the molecule is COc1cc(C=C2N=C(c3ccccc3F)OC2=O)cc(OC)c1OCc1ccccc1C. The van der Waals surface area contributed by atoms with Crippen LogP contribution in [0.3, 0.4) is 0 Å². The second kappa shape index (κ2) is 9.56. The smallest absolute Gasteiger partial charge is 0.363 e. The van der Waals surface area contributed by atoms with Crippen molar-refractivity contribution in [2.75, 3.05) is 14.2 Å². The Kier molecular flexibility index (Phi) is 6.40. The summed E-state index contributed by atoms with van der Waals surface area (Å²) in [6, 6.07) is 17.3. The second-order valence-electron chi connectivity index (χ2n) is 7.29. The number of hydrogen-bond donors (Lipinski definition) is 0. The van der Waals surface area contributed by atoms with E-state index in [0.717, 1.165) is 11.1 Å². The summed E-state index contributed by atoms with van der Waals surface area (Å²) in [7, 11) is 3.04. The van der Waals surface area contributed by atoms with Crippen molar-refractivity contribution in [3.8, 4) is 17.2 Å². The van der Waals surface area contributed by atoms with Gasteiger partial charge in [0, 0.05) is 0 Å². The van der Waals surface area contributed by atoms with Gasteiger partial charge in [0.25, 0.3) is 0 Å². The van der Waals surface area contributed by atoms with Crippen molar-refractivity contribution in [2.45, 2.75) is 13.5 Å². The average molecular weight is 447 g/mol. The third kappa shape index (κ3) is 4.72. The Morgan fingerprint density at radius 3 is 2.33 bits per heavy atom. The largest absolute Gasteiger partial charge is 0.493 e. The Morgan fingerprint density at radius 2 is 1.67 bits per heavy atom. The molecule has 0 spiro atoms. The van der Waals surface area contributed by atoms with Gasteiger partial charge in [-0.05, 0) is 54.0 Å². The van der Waals surface area contributed by atoms with E-state index in [4.69, 9.17) is 18.9 Å². The molecule has 3 aromatic carbocycles. The normalized spacial score (nSPS) is 14.1. The fraction of sp³-hybridized carbons (Fsp3) is 0.154. The molecule has 0 radical (unpaired) electrons. The Hall–Kier alpha value is -4.13. The van der Waals surface area contributed by atoms with Gasteiger partial charge in [-0.15, -0.1) is 0 Å². The minimum Gasteiger partial charge on any atom is -0.493 e. The monoisotopic (exact) mass is 447 g/mol. The van der Waals surface area contributed by atoms with Crippen molar-refractivity contribution in [2.24, 2.45) is 4.99 Å². The first-order valence-electron chi connectivity index (χ1n) is 10.2. The van der Waals surface area contributed by atoms with Crippen LogP contribution in [0.1, 0.15) is 22.3 Å². The van der Waals surface area contributed by atoms with Crippen molar-refractivity contribution in [3.05, 3.63) is 94.4 Å². The van der Waals surface area contributed by atoms with Crippen LogP contribution in [0.5, 0.6) is 17.2 Å². The molecule has 0 amide bonds. The number of nitrogens with zero attached hydrogens (tertiary/aromatic N) is 1. The van der Waals surface area contributed by atoms with Crippen LogP contribution >= 0.6 is 0 Å². The molecule has 0 aromatic heterocycles. The van der Waals surface area contributed by atoms with Gasteiger partial charge in [-0.2, -0.15) is 0 Å². The minimum absolute atomic E-state index is 0.0333.